The molecule has 0 saturated carbocycles. The second-order valence-corrected chi connectivity index (χ2v) is 8.74. The summed E-state index contributed by atoms with van der Waals surface area (Å²) in [6.45, 7) is 0. The fraction of sp³-hybridized carbons (Fsp3) is 0.0909. The van der Waals surface area contributed by atoms with Gasteiger partial charge in [0.2, 0.25) is 10.0 Å². The predicted octanol–water partition coefficient (Wildman–Crippen LogP) is 3.70. The normalized spacial score (nSPS) is 13.1. The minimum absolute atomic E-state index is 0.204. The van der Waals surface area contributed by atoms with E-state index in [0.29, 0.717) is 18.1 Å². The van der Waals surface area contributed by atoms with Crippen LogP contribution in [0.25, 0.3) is 22.1 Å². The second kappa shape index (κ2) is 7.40. The Morgan fingerprint density at radius 3 is 2.03 bits per heavy atom. The van der Waals surface area contributed by atoms with Crippen LogP contribution in [0.1, 0.15) is 17.7 Å². The summed E-state index contributed by atoms with van der Waals surface area (Å²) in [7, 11) is -3.75. The summed E-state index contributed by atoms with van der Waals surface area (Å²) in [5, 5.41) is 0. The average molecular weight is 417 g/mol. The van der Waals surface area contributed by atoms with Gasteiger partial charge >= 0.3 is 0 Å². The van der Waals surface area contributed by atoms with Crippen molar-refractivity contribution in [3.05, 3.63) is 90.5 Å². The smallest absolute Gasteiger partial charge is 0.241 e. The van der Waals surface area contributed by atoms with Gasteiger partial charge in [-0.25, -0.2) is 23.1 Å². The number of aromatic amines is 2. The molecule has 0 fully saturated rings. The van der Waals surface area contributed by atoms with Crippen molar-refractivity contribution in [3.8, 4) is 0 Å². The van der Waals surface area contributed by atoms with Crippen molar-refractivity contribution in [1.82, 2.24) is 24.7 Å². The Labute approximate surface area is 173 Å². The minimum Gasteiger partial charge on any atom is -0.342 e. The lowest BCUT2D eigenvalue weighted by atomic mass is 10.2. The van der Waals surface area contributed by atoms with Crippen molar-refractivity contribution in [2.24, 2.45) is 0 Å². The van der Waals surface area contributed by atoms with Gasteiger partial charge in [-0.1, -0.05) is 42.5 Å². The van der Waals surface area contributed by atoms with Crippen LogP contribution < -0.4 is 4.72 Å². The number of hydrogen-bond donors (Lipinski definition) is 3. The van der Waals surface area contributed by atoms with E-state index in [2.05, 4.69) is 24.7 Å². The maximum Gasteiger partial charge on any atom is 0.241 e. The highest BCUT2D eigenvalue weighted by atomic mass is 32.2. The molecule has 3 aromatic carbocycles. The van der Waals surface area contributed by atoms with Crippen molar-refractivity contribution < 1.29 is 8.42 Å². The van der Waals surface area contributed by atoms with Gasteiger partial charge in [0.05, 0.1) is 33.0 Å². The Kier molecular flexibility index (Phi) is 4.57. The molecule has 0 radical (unpaired) electrons. The van der Waals surface area contributed by atoms with E-state index in [-0.39, 0.29) is 4.90 Å². The Morgan fingerprint density at radius 1 is 0.767 bits per heavy atom. The number of hydrogen-bond acceptors (Lipinski definition) is 4. The molecule has 5 rings (SSSR count). The van der Waals surface area contributed by atoms with Gasteiger partial charge in [-0.05, 0) is 36.4 Å². The first-order chi connectivity index (χ1) is 14.6. The van der Waals surface area contributed by atoms with E-state index in [1.807, 2.05) is 48.5 Å². The number of rotatable bonds is 6. The number of nitrogens with zero attached hydrogens (tertiary/aromatic N) is 2. The molecule has 8 heteroatoms. The van der Waals surface area contributed by atoms with Crippen LogP contribution in [-0.4, -0.2) is 28.4 Å². The van der Waals surface area contributed by atoms with E-state index in [1.54, 1.807) is 30.3 Å². The van der Waals surface area contributed by atoms with Crippen molar-refractivity contribution >= 4 is 32.1 Å². The fourth-order valence-electron chi connectivity index (χ4n) is 3.48. The van der Waals surface area contributed by atoms with Crippen LogP contribution in [0.15, 0.2) is 83.8 Å². The Balaban J connectivity index is 1.54. The summed E-state index contributed by atoms with van der Waals surface area (Å²) in [6.07, 6.45) is 0.320. The summed E-state index contributed by atoms with van der Waals surface area (Å²) in [5.74, 6) is 1.22. The number of sulfonamides is 1. The van der Waals surface area contributed by atoms with Crippen LogP contribution in [0.2, 0.25) is 0 Å². The van der Waals surface area contributed by atoms with Crippen molar-refractivity contribution in [1.29, 1.82) is 0 Å². The molecule has 0 saturated heterocycles. The molecule has 150 valence electrons. The molecule has 0 aliphatic rings. The quantitative estimate of drug-likeness (QED) is 0.392. The molecule has 0 amide bonds. The number of aromatic nitrogens is 4. The van der Waals surface area contributed by atoms with Crippen molar-refractivity contribution in [2.45, 2.75) is 17.4 Å². The fourth-order valence-corrected chi connectivity index (χ4v) is 4.70. The minimum atomic E-state index is -3.75. The molecule has 2 heterocycles. The highest BCUT2D eigenvalue weighted by molar-refractivity contribution is 7.89. The molecule has 2 aromatic heterocycles. The Morgan fingerprint density at radius 2 is 1.37 bits per heavy atom. The maximum atomic E-state index is 13.0. The molecule has 0 aliphatic carbocycles. The van der Waals surface area contributed by atoms with Crippen molar-refractivity contribution in [3.63, 3.8) is 0 Å². The number of imidazole rings is 2. The van der Waals surface area contributed by atoms with Gasteiger partial charge in [0.15, 0.2) is 0 Å². The van der Waals surface area contributed by atoms with Gasteiger partial charge in [0.1, 0.15) is 11.6 Å². The lowest BCUT2D eigenvalue weighted by Gasteiger charge is -2.16. The lowest BCUT2D eigenvalue weighted by Crippen LogP contribution is -2.31. The molecular formula is C22H19N5O2S. The van der Waals surface area contributed by atoms with E-state index < -0.39 is 16.1 Å². The summed E-state index contributed by atoms with van der Waals surface area (Å²) in [6, 6.07) is 23.0. The molecule has 7 nitrogen and oxygen atoms in total. The monoisotopic (exact) mass is 417 g/mol. The molecule has 0 unspecified atom stereocenters. The highest BCUT2D eigenvalue weighted by Crippen LogP contribution is 2.22. The topological polar surface area (TPSA) is 104 Å². The van der Waals surface area contributed by atoms with Crippen LogP contribution in [0.3, 0.4) is 0 Å². The second-order valence-electron chi connectivity index (χ2n) is 7.03. The summed E-state index contributed by atoms with van der Waals surface area (Å²) >= 11 is 0. The molecule has 0 aliphatic heterocycles. The van der Waals surface area contributed by atoms with E-state index >= 15 is 0 Å². The van der Waals surface area contributed by atoms with Gasteiger partial charge in [-0.3, -0.25) is 0 Å². The number of fused-ring (bicyclic) bond motifs is 2. The average Bonchev–Trinajstić information content (AvgIpc) is 3.37. The SMILES string of the molecule is O=S(=O)(N[C@@H](Cc1nc2ccccc2[nH]1)c1nc2ccccc2[nH]1)c1ccccc1. The third-order valence-electron chi connectivity index (χ3n) is 4.92. The van der Waals surface area contributed by atoms with E-state index in [4.69, 9.17) is 0 Å². The van der Waals surface area contributed by atoms with E-state index in [9.17, 15) is 8.42 Å². The van der Waals surface area contributed by atoms with Crippen LogP contribution in [0.5, 0.6) is 0 Å². The molecule has 0 spiro atoms. The standard InChI is InChI=1S/C22H19N5O2S/c28-30(29,15-8-2-1-3-9-15)27-20(22-25-18-12-6-7-13-19(18)26-22)14-21-23-16-10-4-5-11-17(16)24-21/h1-13,20,27H,14H2,(H,23,24)(H,25,26)/t20-/m0/s1. The molecule has 3 N–H and O–H groups in total. The van der Waals surface area contributed by atoms with Crippen LogP contribution in [-0.2, 0) is 16.4 Å². The van der Waals surface area contributed by atoms with Crippen LogP contribution >= 0.6 is 0 Å². The third kappa shape index (κ3) is 3.58. The highest BCUT2D eigenvalue weighted by Gasteiger charge is 2.25. The zero-order valence-corrected chi connectivity index (χ0v) is 16.7. The van der Waals surface area contributed by atoms with E-state index in [1.165, 1.54) is 0 Å². The van der Waals surface area contributed by atoms with Crippen LogP contribution in [0.4, 0.5) is 0 Å². The number of benzene rings is 3. The largest absolute Gasteiger partial charge is 0.342 e. The zero-order valence-electron chi connectivity index (χ0n) is 15.9. The zero-order chi connectivity index (χ0) is 20.6. The maximum absolute atomic E-state index is 13.0. The molecule has 30 heavy (non-hydrogen) atoms. The molecular weight excluding hydrogens is 398 g/mol. The molecule has 1 atom stereocenters. The van der Waals surface area contributed by atoms with Gasteiger partial charge in [0.25, 0.3) is 0 Å². The van der Waals surface area contributed by atoms with E-state index in [0.717, 1.165) is 22.1 Å². The van der Waals surface area contributed by atoms with Gasteiger partial charge in [0, 0.05) is 6.42 Å². The Hall–Kier alpha value is -3.49. The van der Waals surface area contributed by atoms with Gasteiger partial charge in [-0.2, -0.15) is 0 Å². The summed E-state index contributed by atoms with van der Waals surface area (Å²) in [4.78, 5) is 15.9. The summed E-state index contributed by atoms with van der Waals surface area (Å²) in [5.41, 5.74) is 3.37. The number of H-pyrrole nitrogens is 2. The third-order valence-corrected chi connectivity index (χ3v) is 6.41. The molecule has 5 aromatic rings. The van der Waals surface area contributed by atoms with Crippen LogP contribution in [0, 0.1) is 0 Å². The van der Waals surface area contributed by atoms with Gasteiger partial charge < -0.3 is 9.97 Å². The first-order valence-corrected chi connectivity index (χ1v) is 11.0. The number of para-hydroxylation sites is 4. The molecule has 0 bridgehead atoms. The summed E-state index contributed by atoms with van der Waals surface area (Å²) < 4.78 is 28.8. The Bertz CT molecular complexity index is 1360. The predicted molar refractivity (Wildman–Crippen MR) is 115 cm³/mol. The van der Waals surface area contributed by atoms with Gasteiger partial charge in [-0.15, -0.1) is 0 Å². The lowest BCUT2D eigenvalue weighted by molar-refractivity contribution is 0.541. The number of nitrogens with one attached hydrogen (secondary N) is 3. The first-order valence-electron chi connectivity index (χ1n) is 9.54. The first kappa shape index (κ1) is 18.5. The van der Waals surface area contributed by atoms with Crippen molar-refractivity contribution in [2.75, 3.05) is 0 Å².